The molecule has 2 rings (SSSR count). The first kappa shape index (κ1) is 11.8. The van der Waals surface area contributed by atoms with Crippen LogP contribution in [-0.4, -0.2) is 11.7 Å². The number of hydrogen-bond acceptors (Lipinski definition) is 1. The molecule has 1 N–H and O–H groups in total. The van der Waals surface area contributed by atoms with Gasteiger partial charge in [-0.2, -0.15) is 0 Å². The van der Waals surface area contributed by atoms with Gasteiger partial charge in [-0.1, -0.05) is 42.5 Å². The number of benzene rings is 2. The molecular weight excluding hydrogens is 215 g/mol. The Kier molecular flexibility index (Phi) is 3.89. The molecule has 0 heterocycles. The number of rotatable bonds is 4. The topological polar surface area (TPSA) is 20.2 Å². The van der Waals surface area contributed by atoms with Crippen molar-refractivity contribution in [3.8, 4) is 0 Å². The molecule has 0 saturated carbocycles. The van der Waals surface area contributed by atoms with Crippen LogP contribution in [0.3, 0.4) is 0 Å². The quantitative estimate of drug-likeness (QED) is 0.855. The Labute approximate surface area is 101 Å². The van der Waals surface area contributed by atoms with Crippen LogP contribution >= 0.6 is 0 Å². The van der Waals surface area contributed by atoms with Crippen LogP contribution in [0, 0.1) is 5.82 Å². The van der Waals surface area contributed by atoms with Crippen molar-refractivity contribution >= 4 is 0 Å². The number of aliphatic hydroxyl groups excluding tert-OH is 1. The van der Waals surface area contributed by atoms with Gasteiger partial charge in [0.2, 0.25) is 0 Å². The van der Waals surface area contributed by atoms with E-state index in [1.165, 1.54) is 17.7 Å². The zero-order valence-electron chi connectivity index (χ0n) is 9.51. The van der Waals surface area contributed by atoms with E-state index in [1.54, 1.807) is 12.1 Å². The van der Waals surface area contributed by atoms with Gasteiger partial charge in [-0.25, -0.2) is 4.39 Å². The van der Waals surface area contributed by atoms with E-state index in [2.05, 4.69) is 0 Å². The Bertz CT molecular complexity index is 450. The second-order valence-electron chi connectivity index (χ2n) is 4.12. The lowest BCUT2D eigenvalue weighted by atomic mass is 9.93. The van der Waals surface area contributed by atoms with E-state index in [0.717, 1.165) is 12.0 Å². The van der Waals surface area contributed by atoms with Gasteiger partial charge in [-0.15, -0.1) is 0 Å². The van der Waals surface area contributed by atoms with Gasteiger partial charge in [0.25, 0.3) is 0 Å². The van der Waals surface area contributed by atoms with Gasteiger partial charge in [0, 0.05) is 5.92 Å². The maximum absolute atomic E-state index is 12.8. The summed E-state index contributed by atoms with van der Waals surface area (Å²) in [6, 6.07) is 16.3. The minimum Gasteiger partial charge on any atom is -0.396 e. The molecule has 2 aromatic carbocycles. The normalized spacial score (nSPS) is 12.4. The Hall–Kier alpha value is -1.67. The summed E-state index contributed by atoms with van der Waals surface area (Å²) in [7, 11) is 0. The van der Waals surface area contributed by atoms with Crippen LogP contribution in [0.1, 0.15) is 17.0 Å². The van der Waals surface area contributed by atoms with Gasteiger partial charge in [0.1, 0.15) is 5.82 Å². The highest BCUT2D eigenvalue weighted by atomic mass is 19.1. The second kappa shape index (κ2) is 5.60. The van der Waals surface area contributed by atoms with E-state index >= 15 is 0 Å². The molecule has 2 heteroatoms. The lowest BCUT2D eigenvalue weighted by molar-refractivity contribution is 0.264. The summed E-state index contributed by atoms with van der Waals surface area (Å²) in [5, 5.41) is 9.42. The van der Waals surface area contributed by atoms with Crippen LogP contribution in [0.5, 0.6) is 0 Å². The van der Waals surface area contributed by atoms with E-state index in [-0.39, 0.29) is 18.3 Å². The van der Waals surface area contributed by atoms with E-state index in [4.69, 9.17) is 0 Å². The summed E-state index contributed by atoms with van der Waals surface area (Å²) < 4.78 is 12.8. The molecule has 0 bridgehead atoms. The third kappa shape index (κ3) is 3.14. The Morgan fingerprint density at radius 2 is 1.59 bits per heavy atom. The summed E-state index contributed by atoms with van der Waals surface area (Å²) in [5.41, 5.74) is 2.15. The maximum atomic E-state index is 12.8. The van der Waals surface area contributed by atoms with Crippen molar-refractivity contribution in [3.05, 3.63) is 71.5 Å². The van der Waals surface area contributed by atoms with Crippen molar-refractivity contribution in [2.45, 2.75) is 12.3 Å². The Morgan fingerprint density at radius 1 is 0.941 bits per heavy atom. The average Bonchev–Trinajstić information content (AvgIpc) is 2.38. The first-order chi connectivity index (χ1) is 8.29. The molecule has 2 aromatic rings. The predicted molar refractivity (Wildman–Crippen MR) is 66.4 cm³/mol. The Balaban J connectivity index is 2.14. The fraction of sp³-hybridized carbons (Fsp3) is 0.200. The summed E-state index contributed by atoms with van der Waals surface area (Å²) in [4.78, 5) is 0. The first-order valence-electron chi connectivity index (χ1n) is 5.70. The van der Waals surface area contributed by atoms with Crippen LogP contribution in [0.25, 0.3) is 0 Å². The fourth-order valence-electron chi connectivity index (χ4n) is 1.92. The average molecular weight is 230 g/mol. The summed E-state index contributed by atoms with van der Waals surface area (Å²) in [5.74, 6) is -0.219. The fourth-order valence-corrected chi connectivity index (χ4v) is 1.92. The lowest BCUT2D eigenvalue weighted by Gasteiger charge is -2.14. The van der Waals surface area contributed by atoms with Gasteiger partial charge < -0.3 is 5.11 Å². The second-order valence-corrected chi connectivity index (χ2v) is 4.12. The highest BCUT2D eigenvalue weighted by Crippen LogP contribution is 2.20. The minimum atomic E-state index is -0.245. The molecule has 88 valence electrons. The molecule has 1 unspecified atom stereocenters. The van der Waals surface area contributed by atoms with Crippen molar-refractivity contribution in [1.29, 1.82) is 0 Å². The SMILES string of the molecule is OCC(Cc1ccccc1)c1ccc(F)cc1. The summed E-state index contributed by atoms with van der Waals surface area (Å²) in [6.45, 7) is 0.0700. The van der Waals surface area contributed by atoms with E-state index in [9.17, 15) is 9.50 Å². The van der Waals surface area contributed by atoms with Crippen molar-refractivity contribution in [3.63, 3.8) is 0 Å². The van der Waals surface area contributed by atoms with Crippen molar-refractivity contribution in [2.75, 3.05) is 6.61 Å². The van der Waals surface area contributed by atoms with Crippen molar-refractivity contribution < 1.29 is 9.50 Å². The van der Waals surface area contributed by atoms with Crippen molar-refractivity contribution in [1.82, 2.24) is 0 Å². The lowest BCUT2D eigenvalue weighted by Crippen LogP contribution is -2.07. The number of halogens is 1. The molecule has 0 aliphatic rings. The van der Waals surface area contributed by atoms with Gasteiger partial charge in [-0.05, 0) is 29.7 Å². The molecule has 0 aliphatic heterocycles. The van der Waals surface area contributed by atoms with Crippen molar-refractivity contribution in [2.24, 2.45) is 0 Å². The molecule has 0 aliphatic carbocycles. The molecule has 17 heavy (non-hydrogen) atoms. The molecule has 0 radical (unpaired) electrons. The third-order valence-electron chi connectivity index (χ3n) is 2.89. The molecule has 0 saturated heterocycles. The van der Waals surface area contributed by atoms with Gasteiger partial charge >= 0.3 is 0 Å². The van der Waals surface area contributed by atoms with Crippen LogP contribution in [0.15, 0.2) is 54.6 Å². The highest BCUT2D eigenvalue weighted by molar-refractivity contribution is 5.24. The van der Waals surface area contributed by atoms with Crippen LogP contribution in [0.2, 0.25) is 0 Å². The molecule has 1 atom stereocenters. The monoisotopic (exact) mass is 230 g/mol. The van der Waals surface area contributed by atoms with Gasteiger partial charge in [0.05, 0.1) is 6.61 Å². The first-order valence-corrected chi connectivity index (χ1v) is 5.70. The molecular formula is C15H15FO. The van der Waals surface area contributed by atoms with Gasteiger partial charge in [0.15, 0.2) is 0 Å². The molecule has 0 aromatic heterocycles. The number of hydrogen-bond donors (Lipinski definition) is 1. The van der Waals surface area contributed by atoms with Crippen LogP contribution in [0.4, 0.5) is 4.39 Å². The largest absolute Gasteiger partial charge is 0.396 e. The number of aliphatic hydroxyl groups is 1. The highest BCUT2D eigenvalue weighted by Gasteiger charge is 2.11. The van der Waals surface area contributed by atoms with Gasteiger partial charge in [-0.3, -0.25) is 0 Å². The molecule has 0 fully saturated rings. The zero-order chi connectivity index (χ0) is 12.1. The molecule has 0 spiro atoms. The van der Waals surface area contributed by atoms with E-state index in [1.807, 2.05) is 30.3 Å². The van der Waals surface area contributed by atoms with E-state index in [0.29, 0.717) is 0 Å². The standard InChI is InChI=1S/C15H15FO/c16-15-8-6-13(7-9-15)14(11-17)10-12-4-2-1-3-5-12/h1-9,14,17H,10-11H2. The molecule has 0 amide bonds. The Morgan fingerprint density at radius 3 is 2.18 bits per heavy atom. The summed E-state index contributed by atoms with van der Waals surface area (Å²) >= 11 is 0. The van der Waals surface area contributed by atoms with Crippen LogP contribution in [-0.2, 0) is 6.42 Å². The predicted octanol–water partition coefficient (Wildman–Crippen LogP) is 3.14. The minimum absolute atomic E-state index is 0.0259. The third-order valence-corrected chi connectivity index (χ3v) is 2.89. The van der Waals surface area contributed by atoms with E-state index < -0.39 is 0 Å². The zero-order valence-corrected chi connectivity index (χ0v) is 9.51. The smallest absolute Gasteiger partial charge is 0.123 e. The van der Waals surface area contributed by atoms with Crippen LogP contribution < -0.4 is 0 Å². The summed E-state index contributed by atoms with van der Waals surface area (Å²) in [6.07, 6.45) is 0.767. The maximum Gasteiger partial charge on any atom is 0.123 e. The molecule has 1 nitrogen and oxygen atoms in total.